The summed E-state index contributed by atoms with van der Waals surface area (Å²) in [5, 5.41) is 8.77. The Hall–Kier alpha value is -1.69. The molecule has 3 rings (SSSR count). The fourth-order valence-corrected chi connectivity index (χ4v) is 4.45. The Bertz CT molecular complexity index is 1000. The Labute approximate surface area is 149 Å². The van der Waals surface area contributed by atoms with Crippen LogP contribution in [0.5, 0.6) is 0 Å². The topological polar surface area (TPSA) is 76.4 Å². The van der Waals surface area contributed by atoms with Crippen LogP contribution in [0.4, 0.5) is 13.2 Å². The second kappa shape index (κ2) is 6.56. The van der Waals surface area contributed by atoms with E-state index in [9.17, 15) is 21.6 Å². The Kier molecular flexibility index (Phi) is 4.75. The maximum absolute atomic E-state index is 13.0. The Balaban J connectivity index is 1.82. The molecular formula is C13H10ClF3N4O2S2. The normalized spacial score (nSPS) is 12.8. The molecule has 0 aliphatic heterocycles. The average molecular weight is 411 g/mol. The lowest BCUT2D eigenvalue weighted by atomic mass is 10.2. The molecule has 3 heterocycles. The number of halogens is 4. The number of rotatable bonds is 5. The van der Waals surface area contributed by atoms with Crippen LogP contribution in [0.2, 0.25) is 5.02 Å². The predicted molar refractivity (Wildman–Crippen MR) is 86.2 cm³/mol. The van der Waals surface area contributed by atoms with E-state index in [4.69, 9.17) is 11.6 Å². The minimum atomic E-state index is -4.63. The minimum absolute atomic E-state index is 0.0451. The summed E-state index contributed by atoms with van der Waals surface area (Å²) in [5.74, 6) is 0.164. The van der Waals surface area contributed by atoms with Crippen LogP contribution >= 0.6 is 22.9 Å². The van der Waals surface area contributed by atoms with E-state index in [0.717, 1.165) is 21.8 Å². The van der Waals surface area contributed by atoms with Crippen LogP contribution in [-0.2, 0) is 22.6 Å². The lowest BCUT2D eigenvalue weighted by Crippen LogP contribution is -2.25. The number of hydrogen-bond donors (Lipinski definition) is 1. The molecule has 0 amide bonds. The number of nitrogens with one attached hydrogen (secondary N) is 1. The molecule has 3 aromatic heterocycles. The van der Waals surface area contributed by atoms with E-state index >= 15 is 0 Å². The number of alkyl halides is 3. The molecule has 3 aromatic rings. The Morgan fingerprint density at radius 2 is 2.08 bits per heavy atom. The first-order valence-corrected chi connectivity index (χ1v) is 9.56. The summed E-state index contributed by atoms with van der Waals surface area (Å²) in [4.78, 5) is 0. The highest BCUT2D eigenvalue weighted by Gasteiger charge is 2.35. The maximum Gasteiger partial charge on any atom is 0.420 e. The van der Waals surface area contributed by atoms with Crippen LogP contribution in [0.15, 0.2) is 34.0 Å². The van der Waals surface area contributed by atoms with Crippen LogP contribution in [0.3, 0.4) is 0 Å². The van der Waals surface area contributed by atoms with Crippen LogP contribution in [0, 0.1) is 0 Å². The van der Waals surface area contributed by atoms with Gasteiger partial charge in [-0.25, -0.2) is 13.1 Å². The fraction of sp³-hybridized carbons (Fsp3) is 0.231. The number of sulfonamides is 1. The van der Waals surface area contributed by atoms with Gasteiger partial charge in [-0.1, -0.05) is 17.7 Å². The van der Waals surface area contributed by atoms with E-state index in [-0.39, 0.29) is 33.7 Å². The van der Waals surface area contributed by atoms with Crippen LogP contribution in [0.1, 0.15) is 11.4 Å². The van der Waals surface area contributed by atoms with Gasteiger partial charge in [0.2, 0.25) is 10.0 Å². The molecule has 12 heteroatoms. The van der Waals surface area contributed by atoms with Crippen molar-refractivity contribution in [3.63, 3.8) is 0 Å². The van der Waals surface area contributed by atoms with Crippen molar-refractivity contribution in [3.8, 4) is 0 Å². The van der Waals surface area contributed by atoms with E-state index in [1.165, 1.54) is 12.3 Å². The number of thiophene rings is 1. The molecule has 25 heavy (non-hydrogen) atoms. The third-order valence-electron chi connectivity index (χ3n) is 3.25. The molecule has 0 atom stereocenters. The molecule has 0 aliphatic rings. The summed E-state index contributed by atoms with van der Waals surface area (Å²) < 4.78 is 66.8. The fourth-order valence-electron chi connectivity index (χ4n) is 2.17. The molecule has 0 saturated carbocycles. The lowest BCUT2D eigenvalue weighted by molar-refractivity contribution is -0.136. The second-order valence-corrected chi connectivity index (χ2v) is 8.34. The zero-order valence-corrected chi connectivity index (χ0v) is 14.7. The summed E-state index contributed by atoms with van der Waals surface area (Å²) in [5.41, 5.74) is -1.38. The number of nitrogens with zero attached hydrogens (tertiary/aromatic N) is 3. The zero-order valence-electron chi connectivity index (χ0n) is 12.3. The summed E-state index contributed by atoms with van der Waals surface area (Å²) in [6.45, 7) is -0.0467. The quantitative estimate of drug-likeness (QED) is 0.701. The maximum atomic E-state index is 13.0. The van der Waals surface area contributed by atoms with Gasteiger partial charge in [-0.05, 0) is 17.5 Å². The molecule has 0 bridgehead atoms. The third kappa shape index (κ3) is 3.78. The van der Waals surface area contributed by atoms with E-state index < -0.39 is 21.8 Å². The van der Waals surface area contributed by atoms with E-state index in [1.807, 2.05) is 0 Å². The largest absolute Gasteiger partial charge is 0.420 e. The van der Waals surface area contributed by atoms with E-state index in [1.54, 1.807) is 11.4 Å². The molecular weight excluding hydrogens is 401 g/mol. The van der Waals surface area contributed by atoms with Gasteiger partial charge in [0.05, 0.1) is 5.02 Å². The zero-order chi connectivity index (χ0) is 18.2. The Morgan fingerprint density at radius 3 is 2.72 bits per heavy atom. The first-order valence-electron chi connectivity index (χ1n) is 6.82. The molecule has 0 aliphatic carbocycles. The van der Waals surface area contributed by atoms with Crippen molar-refractivity contribution in [2.75, 3.05) is 6.54 Å². The first-order chi connectivity index (χ1) is 11.7. The van der Waals surface area contributed by atoms with Crippen molar-refractivity contribution in [1.29, 1.82) is 0 Å². The van der Waals surface area contributed by atoms with Crippen molar-refractivity contribution >= 4 is 38.6 Å². The highest BCUT2D eigenvalue weighted by atomic mass is 35.5. The van der Waals surface area contributed by atoms with Crippen LogP contribution < -0.4 is 4.72 Å². The van der Waals surface area contributed by atoms with Gasteiger partial charge in [0.15, 0.2) is 5.65 Å². The highest BCUT2D eigenvalue weighted by molar-refractivity contribution is 7.91. The lowest BCUT2D eigenvalue weighted by Gasteiger charge is -2.09. The van der Waals surface area contributed by atoms with Gasteiger partial charge in [0, 0.05) is 19.2 Å². The predicted octanol–water partition coefficient (Wildman–Crippen LogP) is 2.98. The number of pyridine rings is 1. The van der Waals surface area contributed by atoms with Gasteiger partial charge in [0.25, 0.3) is 0 Å². The van der Waals surface area contributed by atoms with Crippen molar-refractivity contribution in [1.82, 2.24) is 19.3 Å². The SMILES string of the molecule is O=S(=O)(NCCc1nnc2c(C(F)(F)F)cc(Cl)cn12)c1cccs1. The standard InChI is InChI=1S/C13H10ClF3N4O2S2/c14-8-6-9(13(15,16)17)12-20-19-10(21(12)7-8)3-4-18-25(22,23)11-2-1-5-24-11/h1-2,5-7,18H,3-4H2. The molecule has 6 nitrogen and oxygen atoms in total. The van der Waals surface area contributed by atoms with Gasteiger partial charge in [-0.3, -0.25) is 4.40 Å². The number of fused-ring (bicyclic) bond motifs is 1. The van der Waals surface area contributed by atoms with Crippen LogP contribution in [0.25, 0.3) is 5.65 Å². The van der Waals surface area contributed by atoms with E-state index in [2.05, 4.69) is 14.9 Å². The minimum Gasteiger partial charge on any atom is -0.284 e. The molecule has 1 N–H and O–H groups in total. The highest BCUT2D eigenvalue weighted by Crippen LogP contribution is 2.33. The smallest absolute Gasteiger partial charge is 0.284 e. The van der Waals surface area contributed by atoms with Gasteiger partial charge in [-0.15, -0.1) is 21.5 Å². The summed E-state index contributed by atoms with van der Waals surface area (Å²) >= 11 is 6.81. The molecule has 0 aromatic carbocycles. The van der Waals surface area contributed by atoms with Gasteiger partial charge < -0.3 is 0 Å². The molecule has 134 valence electrons. The molecule has 0 radical (unpaired) electrons. The summed E-state index contributed by atoms with van der Waals surface area (Å²) in [7, 11) is -3.66. The average Bonchev–Trinajstić information content (AvgIpc) is 3.16. The number of hydrogen-bond acceptors (Lipinski definition) is 5. The molecule has 0 spiro atoms. The Morgan fingerprint density at radius 1 is 1.32 bits per heavy atom. The van der Waals surface area contributed by atoms with Crippen molar-refractivity contribution in [2.45, 2.75) is 16.8 Å². The van der Waals surface area contributed by atoms with Crippen molar-refractivity contribution < 1.29 is 21.6 Å². The van der Waals surface area contributed by atoms with Crippen molar-refractivity contribution in [3.05, 3.63) is 46.2 Å². The first kappa shape index (κ1) is 18.1. The number of aromatic nitrogens is 3. The molecule has 0 unspecified atom stereocenters. The van der Waals surface area contributed by atoms with Gasteiger partial charge in [0.1, 0.15) is 15.6 Å². The monoisotopic (exact) mass is 410 g/mol. The second-order valence-electron chi connectivity index (χ2n) is 4.96. The van der Waals surface area contributed by atoms with Crippen LogP contribution in [-0.4, -0.2) is 29.6 Å². The third-order valence-corrected chi connectivity index (χ3v) is 6.31. The van der Waals surface area contributed by atoms with Crippen molar-refractivity contribution in [2.24, 2.45) is 0 Å². The molecule has 0 saturated heterocycles. The van der Waals surface area contributed by atoms with E-state index in [0.29, 0.717) is 0 Å². The summed E-state index contributed by atoms with van der Waals surface area (Å²) in [6, 6.07) is 3.83. The summed E-state index contributed by atoms with van der Waals surface area (Å²) in [6.07, 6.45) is -3.32. The van der Waals surface area contributed by atoms with Gasteiger partial charge in [-0.2, -0.15) is 13.2 Å². The van der Waals surface area contributed by atoms with Gasteiger partial charge >= 0.3 is 6.18 Å². The molecule has 0 fully saturated rings.